The number of aryl methyl sites for hydroxylation is 1. The van der Waals surface area contributed by atoms with Gasteiger partial charge in [-0.15, -0.1) is 11.3 Å². The second-order valence-corrected chi connectivity index (χ2v) is 5.95. The maximum absolute atomic E-state index is 5.70. The number of ether oxygens (including phenoxy) is 1. The van der Waals surface area contributed by atoms with Gasteiger partial charge in [0.25, 0.3) is 0 Å². The lowest BCUT2D eigenvalue weighted by molar-refractivity contribution is -0.0127. The van der Waals surface area contributed by atoms with Crippen molar-refractivity contribution in [3.63, 3.8) is 0 Å². The van der Waals surface area contributed by atoms with Crippen LogP contribution in [0.3, 0.4) is 0 Å². The van der Waals surface area contributed by atoms with Gasteiger partial charge in [-0.1, -0.05) is 6.92 Å². The number of morpholine rings is 1. The van der Waals surface area contributed by atoms with Crippen LogP contribution < -0.4 is 5.73 Å². The van der Waals surface area contributed by atoms with E-state index in [2.05, 4.69) is 24.8 Å². The predicted octanol–water partition coefficient (Wildman–Crippen LogP) is 2.13. The third kappa shape index (κ3) is 3.07. The smallest absolute Gasteiger partial charge is 0.0622 e. The first kappa shape index (κ1) is 13.0. The average molecular weight is 254 g/mol. The van der Waals surface area contributed by atoms with Crippen molar-refractivity contribution in [3.05, 3.63) is 21.4 Å². The molecule has 1 atom stereocenters. The van der Waals surface area contributed by atoms with Gasteiger partial charge >= 0.3 is 0 Å². The van der Waals surface area contributed by atoms with Crippen LogP contribution in [-0.4, -0.2) is 30.7 Å². The van der Waals surface area contributed by atoms with Gasteiger partial charge in [0.15, 0.2) is 0 Å². The first-order chi connectivity index (χ1) is 8.24. The molecule has 96 valence electrons. The van der Waals surface area contributed by atoms with Crippen LogP contribution in [0.15, 0.2) is 6.07 Å². The van der Waals surface area contributed by atoms with Crippen molar-refractivity contribution in [1.82, 2.24) is 4.90 Å². The summed E-state index contributed by atoms with van der Waals surface area (Å²) < 4.78 is 5.54. The van der Waals surface area contributed by atoms with Crippen molar-refractivity contribution in [2.75, 3.05) is 19.8 Å². The van der Waals surface area contributed by atoms with Crippen molar-refractivity contribution in [2.45, 2.75) is 39.4 Å². The van der Waals surface area contributed by atoms with Crippen LogP contribution in [0.25, 0.3) is 0 Å². The molecule has 3 nitrogen and oxygen atoms in total. The van der Waals surface area contributed by atoms with Gasteiger partial charge in [0.1, 0.15) is 0 Å². The molecule has 2 rings (SSSR count). The van der Waals surface area contributed by atoms with E-state index in [1.165, 1.54) is 15.3 Å². The maximum Gasteiger partial charge on any atom is 0.0622 e. The lowest BCUT2D eigenvalue weighted by atomic mass is 10.1. The van der Waals surface area contributed by atoms with Crippen LogP contribution in [0.2, 0.25) is 0 Å². The SMILES string of the molecule is CCC1COCCN1Cc1cc(CN)sc1C. The summed E-state index contributed by atoms with van der Waals surface area (Å²) >= 11 is 1.83. The highest BCUT2D eigenvalue weighted by atomic mass is 32.1. The highest BCUT2D eigenvalue weighted by Crippen LogP contribution is 2.24. The molecule has 1 aromatic heterocycles. The second kappa shape index (κ2) is 5.96. The Morgan fingerprint density at radius 3 is 3.06 bits per heavy atom. The standard InChI is InChI=1S/C13H22N2OS/c1-3-12-9-16-5-4-15(12)8-11-6-13(7-14)17-10(11)2/h6,12H,3-5,7-9,14H2,1-2H3. The average Bonchev–Trinajstić information content (AvgIpc) is 2.71. The normalized spacial score (nSPS) is 21.9. The van der Waals surface area contributed by atoms with Crippen molar-refractivity contribution >= 4 is 11.3 Å². The van der Waals surface area contributed by atoms with Crippen molar-refractivity contribution in [3.8, 4) is 0 Å². The molecular weight excluding hydrogens is 232 g/mol. The summed E-state index contributed by atoms with van der Waals surface area (Å²) in [6.07, 6.45) is 1.16. The summed E-state index contributed by atoms with van der Waals surface area (Å²) in [6, 6.07) is 2.84. The number of nitrogens with two attached hydrogens (primary N) is 1. The minimum Gasteiger partial charge on any atom is -0.378 e. The zero-order valence-corrected chi connectivity index (χ0v) is 11.6. The van der Waals surface area contributed by atoms with E-state index in [1.54, 1.807) is 0 Å². The molecule has 1 saturated heterocycles. The maximum atomic E-state index is 5.70. The highest BCUT2D eigenvalue weighted by Gasteiger charge is 2.22. The summed E-state index contributed by atoms with van der Waals surface area (Å²) in [5, 5.41) is 0. The Balaban J connectivity index is 2.05. The van der Waals surface area contributed by atoms with Gasteiger partial charge in [0.2, 0.25) is 0 Å². The Morgan fingerprint density at radius 2 is 2.41 bits per heavy atom. The second-order valence-electron chi connectivity index (χ2n) is 4.61. The highest BCUT2D eigenvalue weighted by molar-refractivity contribution is 7.12. The molecule has 1 aromatic rings. The number of rotatable bonds is 4. The fraction of sp³-hybridized carbons (Fsp3) is 0.692. The van der Waals surface area contributed by atoms with E-state index in [-0.39, 0.29) is 0 Å². The van der Waals surface area contributed by atoms with E-state index >= 15 is 0 Å². The largest absolute Gasteiger partial charge is 0.378 e. The van der Waals surface area contributed by atoms with Gasteiger partial charge in [-0.3, -0.25) is 4.90 Å². The van der Waals surface area contributed by atoms with Crippen LogP contribution in [0, 0.1) is 6.92 Å². The Bertz CT molecular complexity index is 364. The molecule has 1 aliphatic heterocycles. The summed E-state index contributed by atoms with van der Waals surface area (Å²) in [4.78, 5) is 5.24. The molecule has 2 N–H and O–H groups in total. The molecule has 4 heteroatoms. The summed E-state index contributed by atoms with van der Waals surface area (Å²) in [6.45, 7) is 8.92. The van der Waals surface area contributed by atoms with Crippen LogP contribution in [0.1, 0.15) is 28.7 Å². The quantitative estimate of drug-likeness (QED) is 0.894. The zero-order valence-electron chi connectivity index (χ0n) is 10.7. The van der Waals surface area contributed by atoms with E-state index in [0.717, 1.165) is 32.7 Å². The molecule has 0 bridgehead atoms. The minimum atomic E-state index is 0.573. The van der Waals surface area contributed by atoms with Crippen molar-refractivity contribution in [2.24, 2.45) is 5.73 Å². The van der Waals surface area contributed by atoms with Crippen molar-refractivity contribution < 1.29 is 4.74 Å². The molecule has 1 fully saturated rings. The van der Waals surface area contributed by atoms with Gasteiger partial charge in [0.05, 0.1) is 13.2 Å². The van der Waals surface area contributed by atoms with Crippen LogP contribution in [0.5, 0.6) is 0 Å². The third-order valence-corrected chi connectivity index (χ3v) is 4.58. The van der Waals surface area contributed by atoms with Crippen LogP contribution in [0.4, 0.5) is 0 Å². The number of thiophene rings is 1. The first-order valence-electron chi connectivity index (χ1n) is 6.34. The molecule has 0 aromatic carbocycles. The minimum absolute atomic E-state index is 0.573. The third-order valence-electron chi connectivity index (χ3n) is 3.47. The molecule has 0 saturated carbocycles. The van der Waals surface area contributed by atoms with E-state index in [1.807, 2.05) is 11.3 Å². The van der Waals surface area contributed by atoms with Crippen LogP contribution >= 0.6 is 11.3 Å². The fourth-order valence-electron chi connectivity index (χ4n) is 2.34. The Hall–Kier alpha value is -0.420. The Morgan fingerprint density at radius 1 is 1.59 bits per heavy atom. The molecule has 1 aliphatic rings. The monoisotopic (exact) mass is 254 g/mol. The molecule has 2 heterocycles. The molecule has 0 aliphatic carbocycles. The van der Waals surface area contributed by atoms with Crippen LogP contribution in [-0.2, 0) is 17.8 Å². The van der Waals surface area contributed by atoms with Crippen molar-refractivity contribution in [1.29, 1.82) is 0 Å². The van der Waals surface area contributed by atoms with E-state index < -0.39 is 0 Å². The predicted molar refractivity (Wildman–Crippen MR) is 72.3 cm³/mol. The molecule has 0 spiro atoms. The van der Waals surface area contributed by atoms with E-state index in [0.29, 0.717) is 12.6 Å². The molecule has 0 amide bonds. The van der Waals surface area contributed by atoms with Gasteiger partial charge in [-0.2, -0.15) is 0 Å². The Kier molecular flexibility index (Phi) is 4.56. The molecule has 17 heavy (non-hydrogen) atoms. The summed E-state index contributed by atoms with van der Waals surface area (Å²) in [5.41, 5.74) is 7.14. The topological polar surface area (TPSA) is 38.5 Å². The fourth-order valence-corrected chi connectivity index (χ4v) is 3.27. The van der Waals surface area contributed by atoms with Gasteiger partial charge in [0, 0.05) is 35.4 Å². The first-order valence-corrected chi connectivity index (χ1v) is 7.16. The van der Waals surface area contributed by atoms with Gasteiger partial charge in [-0.25, -0.2) is 0 Å². The summed E-state index contributed by atoms with van der Waals surface area (Å²) in [5.74, 6) is 0. The lowest BCUT2D eigenvalue weighted by Crippen LogP contribution is -2.44. The number of hydrogen-bond acceptors (Lipinski definition) is 4. The number of hydrogen-bond donors (Lipinski definition) is 1. The van der Waals surface area contributed by atoms with E-state index in [4.69, 9.17) is 10.5 Å². The Labute approximate surface area is 108 Å². The summed E-state index contributed by atoms with van der Waals surface area (Å²) in [7, 11) is 0. The molecular formula is C13H22N2OS. The lowest BCUT2D eigenvalue weighted by Gasteiger charge is -2.35. The van der Waals surface area contributed by atoms with Gasteiger partial charge in [-0.05, 0) is 25.0 Å². The molecule has 1 unspecified atom stereocenters. The molecule has 0 radical (unpaired) electrons. The number of nitrogens with zero attached hydrogens (tertiary/aromatic N) is 1. The zero-order chi connectivity index (χ0) is 12.3. The van der Waals surface area contributed by atoms with Gasteiger partial charge < -0.3 is 10.5 Å². The van der Waals surface area contributed by atoms with E-state index in [9.17, 15) is 0 Å².